The van der Waals surface area contributed by atoms with Crippen LogP contribution in [0.25, 0.3) is 11.0 Å². The molecule has 2 aromatic heterocycles. The fourth-order valence-corrected chi connectivity index (χ4v) is 2.11. The van der Waals surface area contributed by atoms with Crippen molar-refractivity contribution >= 4 is 16.9 Å². The largest absolute Gasteiger partial charge is 0.365 e. The van der Waals surface area contributed by atoms with Crippen molar-refractivity contribution < 1.29 is 4.39 Å². The molecule has 96 valence electrons. The van der Waals surface area contributed by atoms with Crippen LogP contribution in [0.15, 0.2) is 36.8 Å². The average molecular weight is 256 g/mol. The Labute approximate surface area is 109 Å². The zero-order valence-electron chi connectivity index (χ0n) is 10.4. The maximum absolute atomic E-state index is 13.3. The van der Waals surface area contributed by atoms with Gasteiger partial charge in [0.05, 0.1) is 5.39 Å². The molecule has 0 saturated heterocycles. The number of hydrogen-bond donors (Lipinski definition) is 2. The number of aryl methyl sites for hydroxylation is 1. The monoisotopic (exact) mass is 256 g/mol. The molecule has 1 aromatic carbocycles. The number of nitrogens with one attached hydrogen (secondary N) is 2. The van der Waals surface area contributed by atoms with Gasteiger partial charge in [-0.05, 0) is 36.2 Å². The summed E-state index contributed by atoms with van der Waals surface area (Å²) in [6.07, 6.45) is 3.31. The Morgan fingerprint density at radius 2 is 2.16 bits per heavy atom. The molecule has 0 spiro atoms. The second kappa shape index (κ2) is 4.68. The van der Waals surface area contributed by atoms with Gasteiger partial charge in [-0.25, -0.2) is 14.4 Å². The molecule has 0 aliphatic heterocycles. The molecule has 4 nitrogen and oxygen atoms in total. The lowest BCUT2D eigenvalue weighted by Gasteiger charge is -2.07. The normalized spacial score (nSPS) is 10.8. The maximum atomic E-state index is 13.3. The second-order valence-electron chi connectivity index (χ2n) is 4.45. The van der Waals surface area contributed by atoms with Gasteiger partial charge >= 0.3 is 0 Å². The van der Waals surface area contributed by atoms with Crippen LogP contribution in [0, 0.1) is 12.7 Å². The van der Waals surface area contributed by atoms with Gasteiger partial charge in [0, 0.05) is 12.7 Å². The van der Waals surface area contributed by atoms with Crippen LogP contribution in [0.5, 0.6) is 0 Å². The van der Waals surface area contributed by atoms with Gasteiger partial charge in [0.2, 0.25) is 0 Å². The van der Waals surface area contributed by atoms with Gasteiger partial charge in [0.1, 0.15) is 23.6 Å². The van der Waals surface area contributed by atoms with Crippen LogP contribution in [0.4, 0.5) is 10.2 Å². The first-order chi connectivity index (χ1) is 9.22. The SMILES string of the molecule is Cc1cc(F)cc(CNc2ncnc3[nH]ccc23)c1. The van der Waals surface area contributed by atoms with Crippen LogP contribution in [0.3, 0.4) is 0 Å². The molecule has 19 heavy (non-hydrogen) atoms. The fourth-order valence-electron chi connectivity index (χ4n) is 2.11. The molecule has 0 aliphatic carbocycles. The van der Waals surface area contributed by atoms with E-state index in [4.69, 9.17) is 0 Å². The minimum Gasteiger partial charge on any atom is -0.365 e. The van der Waals surface area contributed by atoms with Crippen molar-refractivity contribution in [3.05, 3.63) is 53.7 Å². The zero-order valence-corrected chi connectivity index (χ0v) is 10.4. The molecule has 2 heterocycles. The number of halogens is 1. The Hall–Kier alpha value is -2.43. The van der Waals surface area contributed by atoms with Crippen molar-refractivity contribution in [1.82, 2.24) is 15.0 Å². The molecule has 3 aromatic rings. The number of fused-ring (bicyclic) bond motifs is 1. The number of hydrogen-bond acceptors (Lipinski definition) is 3. The van der Waals surface area contributed by atoms with Crippen molar-refractivity contribution in [3.63, 3.8) is 0 Å². The Kier molecular flexibility index (Phi) is 2.87. The smallest absolute Gasteiger partial charge is 0.142 e. The van der Waals surface area contributed by atoms with Crippen molar-refractivity contribution in [2.75, 3.05) is 5.32 Å². The van der Waals surface area contributed by atoms with Crippen molar-refractivity contribution in [3.8, 4) is 0 Å². The highest BCUT2D eigenvalue weighted by atomic mass is 19.1. The summed E-state index contributed by atoms with van der Waals surface area (Å²) in [5.74, 6) is 0.527. The molecule has 0 saturated carbocycles. The molecule has 0 bridgehead atoms. The summed E-state index contributed by atoms with van der Waals surface area (Å²) in [7, 11) is 0. The molecule has 3 rings (SSSR count). The van der Waals surface area contributed by atoms with E-state index in [1.54, 1.807) is 0 Å². The third-order valence-electron chi connectivity index (χ3n) is 2.92. The van der Waals surface area contributed by atoms with E-state index in [0.717, 1.165) is 28.0 Å². The summed E-state index contributed by atoms with van der Waals surface area (Å²) in [5.41, 5.74) is 2.58. The van der Waals surface area contributed by atoms with Gasteiger partial charge in [-0.2, -0.15) is 0 Å². The molecule has 5 heteroatoms. The second-order valence-corrected chi connectivity index (χ2v) is 4.45. The Bertz CT molecular complexity index is 700. The predicted molar refractivity (Wildman–Crippen MR) is 72.4 cm³/mol. The molecule has 2 N–H and O–H groups in total. The third-order valence-corrected chi connectivity index (χ3v) is 2.92. The number of nitrogens with zero attached hydrogens (tertiary/aromatic N) is 2. The standard InChI is InChI=1S/C14H13FN4/c1-9-4-10(6-11(15)5-9)7-17-14-12-2-3-16-13(12)18-8-19-14/h2-6,8H,7H2,1H3,(H2,16,17,18,19). The molecular formula is C14H13FN4. The maximum Gasteiger partial charge on any atom is 0.142 e. The van der Waals surface area contributed by atoms with E-state index in [-0.39, 0.29) is 5.82 Å². The van der Waals surface area contributed by atoms with E-state index in [9.17, 15) is 4.39 Å². The number of rotatable bonds is 3. The van der Waals surface area contributed by atoms with E-state index in [2.05, 4.69) is 20.3 Å². The summed E-state index contributed by atoms with van der Waals surface area (Å²) in [6, 6.07) is 6.90. The van der Waals surface area contributed by atoms with Crippen LogP contribution in [-0.4, -0.2) is 15.0 Å². The lowest BCUT2D eigenvalue weighted by atomic mass is 10.1. The molecule has 0 amide bonds. The highest BCUT2D eigenvalue weighted by Crippen LogP contribution is 2.18. The van der Waals surface area contributed by atoms with E-state index in [0.29, 0.717) is 6.54 Å². The summed E-state index contributed by atoms with van der Waals surface area (Å²) >= 11 is 0. The molecule has 0 radical (unpaired) electrons. The van der Waals surface area contributed by atoms with Gasteiger partial charge in [0.15, 0.2) is 0 Å². The summed E-state index contributed by atoms with van der Waals surface area (Å²) in [6.45, 7) is 2.40. The number of anilines is 1. The molecule has 0 aliphatic rings. The summed E-state index contributed by atoms with van der Waals surface area (Å²) in [5, 5.41) is 4.13. The highest BCUT2D eigenvalue weighted by molar-refractivity contribution is 5.86. The van der Waals surface area contributed by atoms with Gasteiger partial charge < -0.3 is 10.3 Å². The van der Waals surface area contributed by atoms with E-state index >= 15 is 0 Å². The third kappa shape index (κ3) is 2.40. The average Bonchev–Trinajstić information content (AvgIpc) is 2.83. The van der Waals surface area contributed by atoms with E-state index in [1.807, 2.05) is 25.3 Å². The van der Waals surface area contributed by atoms with Crippen molar-refractivity contribution in [1.29, 1.82) is 0 Å². The fraction of sp³-hybridized carbons (Fsp3) is 0.143. The zero-order chi connectivity index (χ0) is 13.2. The topological polar surface area (TPSA) is 53.6 Å². The van der Waals surface area contributed by atoms with E-state index in [1.165, 1.54) is 18.5 Å². The Balaban J connectivity index is 1.84. The van der Waals surface area contributed by atoms with Gasteiger partial charge in [-0.3, -0.25) is 0 Å². The molecule has 0 fully saturated rings. The first-order valence-corrected chi connectivity index (χ1v) is 6.00. The highest BCUT2D eigenvalue weighted by Gasteiger charge is 2.04. The van der Waals surface area contributed by atoms with Crippen LogP contribution in [0.2, 0.25) is 0 Å². The number of aromatic amines is 1. The number of benzene rings is 1. The Morgan fingerprint density at radius 3 is 3.00 bits per heavy atom. The summed E-state index contributed by atoms with van der Waals surface area (Å²) < 4.78 is 13.3. The van der Waals surface area contributed by atoms with Gasteiger partial charge in [-0.1, -0.05) is 6.07 Å². The molecule has 0 atom stereocenters. The quantitative estimate of drug-likeness (QED) is 0.757. The minimum atomic E-state index is -0.216. The lowest BCUT2D eigenvalue weighted by molar-refractivity contribution is 0.624. The van der Waals surface area contributed by atoms with Crippen molar-refractivity contribution in [2.24, 2.45) is 0 Å². The van der Waals surface area contributed by atoms with Gasteiger partial charge in [-0.15, -0.1) is 0 Å². The number of H-pyrrole nitrogens is 1. The first-order valence-electron chi connectivity index (χ1n) is 6.00. The van der Waals surface area contributed by atoms with Crippen LogP contribution in [-0.2, 0) is 6.54 Å². The van der Waals surface area contributed by atoms with Gasteiger partial charge in [0.25, 0.3) is 0 Å². The first kappa shape index (κ1) is 11.6. The molecular weight excluding hydrogens is 243 g/mol. The van der Waals surface area contributed by atoms with E-state index < -0.39 is 0 Å². The predicted octanol–water partition coefficient (Wildman–Crippen LogP) is 3.02. The Morgan fingerprint density at radius 1 is 1.26 bits per heavy atom. The number of aromatic nitrogens is 3. The molecule has 0 unspecified atom stereocenters. The van der Waals surface area contributed by atoms with Crippen LogP contribution >= 0.6 is 0 Å². The minimum absolute atomic E-state index is 0.216. The van der Waals surface area contributed by atoms with Crippen LogP contribution < -0.4 is 5.32 Å². The van der Waals surface area contributed by atoms with Crippen molar-refractivity contribution in [2.45, 2.75) is 13.5 Å². The van der Waals surface area contributed by atoms with Crippen LogP contribution in [0.1, 0.15) is 11.1 Å². The lowest BCUT2D eigenvalue weighted by Crippen LogP contribution is -2.02. The summed E-state index contributed by atoms with van der Waals surface area (Å²) in [4.78, 5) is 11.3.